The van der Waals surface area contributed by atoms with Crippen molar-refractivity contribution < 1.29 is 78.1 Å². The molecule has 0 rings (SSSR count). The van der Waals surface area contributed by atoms with E-state index in [-0.39, 0.29) is 58.8 Å². The average molecular weight is 291 g/mol. The Hall–Kier alpha value is 2.01. The SMILES string of the molecule is O=P([O-])([O-])[O-].[Ce+3].[Fe+2]. The molecule has 7 heteroatoms. The predicted octanol–water partition coefficient (Wildman–Crippen LogP) is -2.83. The minimum atomic E-state index is -5.39. The van der Waals surface area contributed by atoms with Gasteiger partial charge in [0.2, 0.25) is 0 Å². The van der Waals surface area contributed by atoms with Crippen molar-refractivity contribution in [3.8, 4) is 0 Å². The topological polar surface area (TPSA) is 86.2 Å². The quantitative estimate of drug-likeness (QED) is 0.356. The zero-order valence-electron chi connectivity index (χ0n) is 2.93. The molecule has 0 aliphatic rings. The van der Waals surface area contributed by atoms with E-state index in [0.29, 0.717) is 0 Å². The van der Waals surface area contributed by atoms with Gasteiger partial charge in [0.05, 0.1) is 0 Å². The summed E-state index contributed by atoms with van der Waals surface area (Å²) in [5.74, 6) is 0. The third-order valence-corrected chi connectivity index (χ3v) is 0. The molecule has 0 bridgehead atoms. The third-order valence-electron chi connectivity index (χ3n) is 0. The Morgan fingerprint density at radius 3 is 1.14 bits per heavy atom. The van der Waals surface area contributed by atoms with Crippen LogP contribution in [-0.4, -0.2) is 0 Å². The molecule has 1 radical (unpaired) electrons. The smallest absolute Gasteiger partial charge is 0.822 e. The number of rotatable bonds is 0. The molecule has 0 saturated carbocycles. The molecule has 0 atom stereocenters. The van der Waals surface area contributed by atoms with Gasteiger partial charge in [-0.25, -0.2) is 0 Å². The molecule has 4 nitrogen and oxygen atoms in total. The second kappa shape index (κ2) is 6.13. The van der Waals surface area contributed by atoms with E-state index >= 15 is 0 Å². The molecule has 0 unspecified atom stereocenters. The molecule has 0 aromatic heterocycles. The monoisotopic (exact) mass is 291 g/mol. The summed E-state index contributed by atoms with van der Waals surface area (Å²) < 4.78 is 8.55. The van der Waals surface area contributed by atoms with Crippen molar-refractivity contribution in [1.82, 2.24) is 0 Å². The summed E-state index contributed by atoms with van der Waals surface area (Å²) in [5, 5.41) is 0. The molecular formula is CeFeO4P+2. The second-order valence-corrected chi connectivity index (χ2v) is 1.34. The van der Waals surface area contributed by atoms with Crippen molar-refractivity contribution in [3.05, 3.63) is 0 Å². The molecule has 0 spiro atoms. The van der Waals surface area contributed by atoms with E-state index in [0.717, 1.165) is 0 Å². The van der Waals surface area contributed by atoms with Gasteiger partial charge in [0.25, 0.3) is 0 Å². The van der Waals surface area contributed by atoms with Gasteiger partial charge in [-0.05, 0) is 0 Å². The Balaban J connectivity index is -0.0000000800. The minimum Gasteiger partial charge on any atom is -0.822 e. The van der Waals surface area contributed by atoms with Gasteiger partial charge < -0.3 is 19.2 Å². The molecule has 0 aliphatic carbocycles. The van der Waals surface area contributed by atoms with Gasteiger partial charge in [0.1, 0.15) is 0 Å². The van der Waals surface area contributed by atoms with E-state index in [2.05, 4.69) is 0 Å². The zero-order chi connectivity index (χ0) is 4.50. The van der Waals surface area contributed by atoms with Crippen LogP contribution in [0.1, 0.15) is 0 Å². The molecule has 0 N–H and O–H groups in total. The summed E-state index contributed by atoms with van der Waals surface area (Å²) in [5.41, 5.74) is 0. The van der Waals surface area contributed by atoms with Crippen molar-refractivity contribution in [1.29, 1.82) is 0 Å². The Morgan fingerprint density at radius 2 is 1.14 bits per heavy atom. The van der Waals surface area contributed by atoms with Crippen LogP contribution >= 0.6 is 7.82 Å². The normalized spacial score (nSPS) is 8.43. The first kappa shape index (κ1) is 16.0. The van der Waals surface area contributed by atoms with Gasteiger partial charge in [-0.1, -0.05) is 0 Å². The molecule has 39 valence electrons. The maximum absolute atomic E-state index is 8.55. The van der Waals surface area contributed by atoms with E-state index < -0.39 is 7.82 Å². The fraction of sp³-hybridized carbons (Fsp3) is 0. The molecule has 0 aliphatic heterocycles. The fourth-order valence-electron chi connectivity index (χ4n) is 0. The van der Waals surface area contributed by atoms with Crippen molar-refractivity contribution >= 4 is 7.82 Å². The standard InChI is InChI=1S/Ce.Fe.H3O4P/c;;1-5(2,3)4/h;;(H3,1,2,3,4)/q+3;+2;/p-3. The maximum Gasteiger partial charge on any atom is 3.00 e. The van der Waals surface area contributed by atoms with Gasteiger partial charge >= 0.3 is 58.8 Å². The van der Waals surface area contributed by atoms with Crippen LogP contribution in [0.5, 0.6) is 0 Å². The van der Waals surface area contributed by atoms with Crippen LogP contribution in [0.2, 0.25) is 0 Å². The molecule has 0 fully saturated rings. The average Bonchev–Trinajstić information content (AvgIpc) is 0.722. The summed E-state index contributed by atoms with van der Waals surface area (Å²) in [7, 11) is -5.39. The van der Waals surface area contributed by atoms with Crippen molar-refractivity contribution in [2.75, 3.05) is 0 Å². The van der Waals surface area contributed by atoms with Crippen molar-refractivity contribution in [3.63, 3.8) is 0 Å². The van der Waals surface area contributed by atoms with Crippen molar-refractivity contribution in [2.45, 2.75) is 0 Å². The van der Waals surface area contributed by atoms with Gasteiger partial charge in [-0.15, -0.1) is 0 Å². The van der Waals surface area contributed by atoms with Crippen molar-refractivity contribution in [2.24, 2.45) is 0 Å². The van der Waals surface area contributed by atoms with Crippen LogP contribution in [0.3, 0.4) is 0 Å². The first-order valence-electron chi connectivity index (χ1n) is 0.730. The summed E-state index contributed by atoms with van der Waals surface area (Å²) >= 11 is 0. The molecular weight excluding hydrogens is 291 g/mol. The summed E-state index contributed by atoms with van der Waals surface area (Å²) in [6, 6.07) is 0. The van der Waals surface area contributed by atoms with Crippen LogP contribution in [0.25, 0.3) is 0 Å². The molecule has 0 aromatic carbocycles. The van der Waals surface area contributed by atoms with Crippen LogP contribution < -0.4 is 14.7 Å². The summed E-state index contributed by atoms with van der Waals surface area (Å²) in [6.07, 6.45) is 0. The molecule has 7 heavy (non-hydrogen) atoms. The van der Waals surface area contributed by atoms with Gasteiger partial charge in [-0.2, -0.15) is 7.82 Å². The second-order valence-electron chi connectivity index (χ2n) is 0.447. The van der Waals surface area contributed by atoms with Gasteiger partial charge in [-0.3, -0.25) is 0 Å². The Bertz CT molecular complexity index is 57.8. The van der Waals surface area contributed by atoms with Crippen LogP contribution in [0.4, 0.5) is 0 Å². The van der Waals surface area contributed by atoms with Crippen LogP contribution in [-0.2, 0) is 21.6 Å². The summed E-state index contributed by atoms with van der Waals surface area (Å²) in [6.45, 7) is 0. The van der Waals surface area contributed by atoms with Gasteiger partial charge in [0.15, 0.2) is 0 Å². The van der Waals surface area contributed by atoms with E-state index in [9.17, 15) is 0 Å². The van der Waals surface area contributed by atoms with Crippen LogP contribution in [0.15, 0.2) is 0 Å². The first-order valence-corrected chi connectivity index (χ1v) is 2.19. The molecule has 0 amide bonds. The third kappa shape index (κ3) is 71.8. The largest absolute Gasteiger partial charge is 3.00 e. The summed E-state index contributed by atoms with van der Waals surface area (Å²) in [4.78, 5) is 25.6. The Kier molecular flexibility index (Phi) is 14.0. The fourth-order valence-corrected chi connectivity index (χ4v) is 0. The number of hydrogen-bond donors (Lipinski definition) is 0. The minimum absolute atomic E-state index is 0. The maximum atomic E-state index is 8.55. The van der Waals surface area contributed by atoms with E-state index in [1.807, 2.05) is 0 Å². The predicted molar refractivity (Wildman–Crippen MR) is 7.61 cm³/mol. The molecule has 0 heterocycles. The number of phosphoric acid groups is 1. The van der Waals surface area contributed by atoms with E-state index in [4.69, 9.17) is 19.2 Å². The van der Waals surface area contributed by atoms with Gasteiger partial charge in [0, 0.05) is 0 Å². The number of hydrogen-bond acceptors (Lipinski definition) is 4. The molecule has 0 aromatic rings. The Labute approximate surface area is 84.8 Å². The molecule has 0 saturated heterocycles. The van der Waals surface area contributed by atoms with E-state index in [1.165, 1.54) is 0 Å². The zero-order valence-corrected chi connectivity index (χ0v) is 8.07. The van der Waals surface area contributed by atoms with Crippen LogP contribution in [0, 0.1) is 41.7 Å². The first-order chi connectivity index (χ1) is 2.00. The van der Waals surface area contributed by atoms with E-state index in [1.54, 1.807) is 0 Å². The Morgan fingerprint density at radius 1 is 1.14 bits per heavy atom.